The molecule has 0 spiro atoms. The summed E-state index contributed by atoms with van der Waals surface area (Å²) in [6, 6.07) is 9.55. The fraction of sp³-hybridized carbons (Fsp3) is 0.111. The molecular formula is C18H16N2NaO7S2+. The first-order valence-corrected chi connectivity index (χ1v) is 11.0. The Bertz CT molecular complexity index is 1390. The van der Waals surface area contributed by atoms with Crippen LogP contribution >= 0.6 is 0 Å². The minimum atomic E-state index is -4.62. The number of aryl methyl sites for hydroxylation is 2. The molecule has 0 radical (unpaired) electrons. The standard InChI is InChI=1S/C18H16N2O7S2.Na/c1-10-7-11(2)16(28(22,23)24)8-14(10)19-20-15-9-17(29(25,26)27)12-5-3-4-6-13(12)18(15)21;/h3-9,21H,1-2H3,(H,22,23,24)(H,25,26,27);/q;+1. The van der Waals surface area contributed by atoms with Gasteiger partial charge in [0.05, 0.1) is 10.6 Å². The zero-order chi connectivity index (χ0) is 21.6. The summed E-state index contributed by atoms with van der Waals surface area (Å²) in [6.07, 6.45) is 0. The largest absolute Gasteiger partial charge is 1.00 e. The van der Waals surface area contributed by atoms with Crippen LogP contribution in [0.3, 0.4) is 0 Å². The van der Waals surface area contributed by atoms with E-state index in [1.807, 2.05) is 0 Å². The van der Waals surface area contributed by atoms with E-state index in [1.165, 1.54) is 25.1 Å². The maximum absolute atomic E-state index is 11.7. The Kier molecular flexibility index (Phi) is 7.09. The Morgan fingerprint density at radius 1 is 0.733 bits per heavy atom. The van der Waals surface area contributed by atoms with Crippen LogP contribution in [0.5, 0.6) is 5.75 Å². The van der Waals surface area contributed by atoms with Gasteiger partial charge in [-0.15, -0.1) is 5.11 Å². The number of rotatable bonds is 4. The van der Waals surface area contributed by atoms with E-state index in [9.17, 15) is 31.0 Å². The van der Waals surface area contributed by atoms with Crippen molar-refractivity contribution < 1.29 is 60.6 Å². The SMILES string of the molecule is Cc1cc(C)c(S(=O)(=O)O)cc1N=Nc1cc(S(=O)(=O)O)c2ccccc2c1O.[Na+]. The number of hydrogen-bond acceptors (Lipinski definition) is 7. The third-order valence-electron chi connectivity index (χ3n) is 4.27. The Morgan fingerprint density at radius 3 is 1.80 bits per heavy atom. The van der Waals surface area contributed by atoms with Gasteiger partial charge in [-0.2, -0.15) is 21.9 Å². The number of fused-ring (bicyclic) bond motifs is 1. The molecule has 0 aliphatic heterocycles. The normalized spacial score (nSPS) is 12.3. The average molecular weight is 459 g/mol. The Hall–Kier alpha value is -1.86. The fourth-order valence-corrected chi connectivity index (χ4v) is 4.36. The van der Waals surface area contributed by atoms with E-state index in [4.69, 9.17) is 0 Å². The maximum atomic E-state index is 11.7. The van der Waals surface area contributed by atoms with Gasteiger partial charge in [0.25, 0.3) is 20.2 Å². The van der Waals surface area contributed by atoms with Crippen molar-refractivity contribution in [3.63, 3.8) is 0 Å². The van der Waals surface area contributed by atoms with E-state index < -0.39 is 25.1 Å². The average Bonchev–Trinajstić information content (AvgIpc) is 2.60. The zero-order valence-corrected chi connectivity index (χ0v) is 19.9. The number of phenolic OH excluding ortho intramolecular Hbond substituents is 1. The number of phenols is 1. The number of benzene rings is 3. The zero-order valence-electron chi connectivity index (χ0n) is 16.2. The molecular weight excluding hydrogens is 443 g/mol. The minimum absolute atomic E-state index is 0. The molecule has 0 aromatic heterocycles. The molecule has 152 valence electrons. The van der Waals surface area contributed by atoms with Crippen LogP contribution in [-0.4, -0.2) is 31.0 Å². The molecule has 0 fully saturated rings. The molecule has 0 amide bonds. The summed E-state index contributed by atoms with van der Waals surface area (Å²) in [5.74, 6) is -0.364. The first-order chi connectivity index (χ1) is 13.4. The van der Waals surface area contributed by atoms with Gasteiger partial charge in [0.15, 0.2) is 5.75 Å². The molecule has 12 heteroatoms. The molecule has 3 aromatic rings. The topological polar surface area (TPSA) is 154 Å². The van der Waals surface area contributed by atoms with Gasteiger partial charge in [-0.05, 0) is 37.1 Å². The van der Waals surface area contributed by atoms with Crippen molar-refractivity contribution in [2.24, 2.45) is 10.2 Å². The van der Waals surface area contributed by atoms with Crippen molar-refractivity contribution >= 4 is 42.4 Å². The molecule has 0 saturated carbocycles. The van der Waals surface area contributed by atoms with Crippen molar-refractivity contribution in [2.75, 3.05) is 0 Å². The second kappa shape index (κ2) is 8.71. The van der Waals surface area contributed by atoms with Gasteiger partial charge in [-0.1, -0.05) is 30.3 Å². The first-order valence-electron chi connectivity index (χ1n) is 8.12. The van der Waals surface area contributed by atoms with E-state index in [0.29, 0.717) is 11.1 Å². The van der Waals surface area contributed by atoms with E-state index in [1.54, 1.807) is 19.1 Å². The number of nitrogens with zero attached hydrogens (tertiary/aromatic N) is 2. The molecule has 0 unspecified atom stereocenters. The molecule has 0 aliphatic carbocycles. The molecule has 3 rings (SSSR count). The summed E-state index contributed by atoms with van der Waals surface area (Å²) in [5, 5.41) is 18.4. The monoisotopic (exact) mass is 459 g/mol. The van der Waals surface area contributed by atoms with Crippen LogP contribution in [0.1, 0.15) is 11.1 Å². The quantitative estimate of drug-likeness (QED) is 0.300. The Balaban J connectivity index is 0.00000320. The summed E-state index contributed by atoms with van der Waals surface area (Å²) >= 11 is 0. The summed E-state index contributed by atoms with van der Waals surface area (Å²) in [5.41, 5.74) is 0.689. The second-order valence-electron chi connectivity index (χ2n) is 6.34. The van der Waals surface area contributed by atoms with E-state index in [2.05, 4.69) is 10.2 Å². The van der Waals surface area contributed by atoms with Crippen LogP contribution in [0.15, 0.2) is 62.5 Å². The maximum Gasteiger partial charge on any atom is 1.00 e. The summed E-state index contributed by atoms with van der Waals surface area (Å²) in [4.78, 5) is -0.808. The van der Waals surface area contributed by atoms with Gasteiger partial charge < -0.3 is 5.11 Å². The van der Waals surface area contributed by atoms with Crippen LogP contribution in [0.4, 0.5) is 11.4 Å². The number of azo groups is 1. The summed E-state index contributed by atoms with van der Waals surface area (Å²) < 4.78 is 65.3. The summed E-state index contributed by atoms with van der Waals surface area (Å²) in [6.45, 7) is 3.14. The van der Waals surface area contributed by atoms with Crippen LogP contribution in [-0.2, 0) is 20.2 Å². The fourth-order valence-electron chi connectivity index (χ4n) is 2.92. The van der Waals surface area contributed by atoms with Gasteiger partial charge in [-0.25, -0.2) is 0 Å². The molecule has 0 bridgehead atoms. The summed E-state index contributed by atoms with van der Waals surface area (Å²) in [7, 11) is -9.10. The molecule has 0 atom stereocenters. The second-order valence-corrected chi connectivity index (χ2v) is 9.12. The Labute approximate surface area is 195 Å². The van der Waals surface area contributed by atoms with Crippen molar-refractivity contribution in [1.29, 1.82) is 0 Å². The number of hydrogen-bond donors (Lipinski definition) is 3. The van der Waals surface area contributed by atoms with Crippen molar-refractivity contribution in [3.05, 3.63) is 53.6 Å². The van der Waals surface area contributed by atoms with Gasteiger partial charge in [-0.3, -0.25) is 9.11 Å². The molecule has 9 nitrogen and oxygen atoms in total. The third-order valence-corrected chi connectivity index (χ3v) is 6.16. The van der Waals surface area contributed by atoms with Gasteiger partial charge in [0.2, 0.25) is 0 Å². The minimum Gasteiger partial charge on any atom is -0.505 e. The number of aromatic hydroxyl groups is 1. The van der Waals surface area contributed by atoms with E-state index in [0.717, 1.165) is 12.1 Å². The third kappa shape index (κ3) is 4.89. The van der Waals surface area contributed by atoms with Crippen LogP contribution in [0.2, 0.25) is 0 Å². The molecule has 3 N–H and O–H groups in total. The molecule has 3 aromatic carbocycles. The predicted octanol–water partition coefficient (Wildman–Crippen LogP) is 1.08. The van der Waals surface area contributed by atoms with Gasteiger partial charge >= 0.3 is 29.6 Å². The van der Waals surface area contributed by atoms with Crippen molar-refractivity contribution in [2.45, 2.75) is 23.6 Å². The predicted molar refractivity (Wildman–Crippen MR) is 105 cm³/mol. The van der Waals surface area contributed by atoms with Crippen LogP contribution in [0, 0.1) is 13.8 Å². The molecule has 0 saturated heterocycles. The van der Waals surface area contributed by atoms with Crippen LogP contribution in [0.25, 0.3) is 10.8 Å². The first kappa shape index (κ1) is 24.4. The Morgan fingerprint density at radius 2 is 1.23 bits per heavy atom. The molecule has 30 heavy (non-hydrogen) atoms. The van der Waals surface area contributed by atoms with Gasteiger partial charge in [0.1, 0.15) is 10.6 Å². The molecule has 0 aliphatic rings. The smallest absolute Gasteiger partial charge is 0.505 e. The van der Waals surface area contributed by atoms with Crippen molar-refractivity contribution in [3.8, 4) is 5.75 Å². The van der Waals surface area contributed by atoms with E-state index >= 15 is 0 Å². The molecule has 0 heterocycles. The van der Waals surface area contributed by atoms with Crippen LogP contribution < -0.4 is 29.6 Å². The van der Waals surface area contributed by atoms with Crippen molar-refractivity contribution in [1.82, 2.24) is 0 Å². The van der Waals surface area contributed by atoms with Gasteiger partial charge in [0, 0.05) is 10.8 Å². The van der Waals surface area contributed by atoms with E-state index in [-0.39, 0.29) is 62.3 Å².